The van der Waals surface area contributed by atoms with Crippen molar-refractivity contribution in [3.05, 3.63) is 47.4 Å². The van der Waals surface area contributed by atoms with Gasteiger partial charge in [0.15, 0.2) is 0 Å². The number of imidazole rings is 1. The highest BCUT2D eigenvalue weighted by atomic mass is 35.5. The van der Waals surface area contributed by atoms with Crippen molar-refractivity contribution in [3.63, 3.8) is 0 Å². The first-order chi connectivity index (χ1) is 9.70. The Labute approximate surface area is 119 Å². The molecule has 0 atom stereocenters. The number of aromatic nitrogens is 4. The van der Waals surface area contributed by atoms with Gasteiger partial charge in [0.25, 0.3) is 0 Å². The number of nitrogens with one attached hydrogen (secondary N) is 2. The fourth-order valence-electron chi connectivity index (χ4n) is 1.89. The second-order valence-electron chi connectivity index (χ2n) is 4.25. The van der Waals surface area contributed by atoms with Gasteiger partial charge >= 0.3 is 0 Å². The van der Waals surface area contributed by atoms with Crippen LogP contribution in [0.4, 0.5) is 10.2 Å². The molecule has 0 bridgehead atoms. The van der Waals surface area contributed by atoms with Crippen molar-refractivity contribution in [3.8, 4) is 0 Å². The van der Waals surface area contributed by atoms with Gasteiger partial charge in [-0.3, -0.25) is 4.98 Å². The van der Waals surface area contributed by atoms with Crippen LogP contribution in [-0.4, -0.2) is 26.5 Å². The molecule has 1 aromatic carbocycles. The van der Waals surface area contributed by atoms with Crippen molar-refractivity contribution in [1.29, 1.82) is 0 Å². The van der Waals surface area contributed by atoms with E-state index in [2.05, 4.69) is 25.3 Å². The number of benzene rings is 1. The zero-order chi connectivity index (χ0) is 13.9. The number of aromatic amines is 1. The van der Waals surface area contributed by atoms with Crippen LogP contribution in [0.5, 0.6) is 0 Å². The van der Waals surface area contributed by atoms with Crippen LogP contribution in [0.15, 0.2) is 30.6 Å². The number of rotatable bonds is 4. The normalized spacial score (nSPS) is 10.9. The van der Waals surface area contributed by atoms with Gasteiger partial charge in [-0.15, -0.1) is 0 Å². The third-order valence-electron chi connectivity index (χ3n) is 2.77. The van der Waals surface area contributed by atoms with E-state index in [0.717, 1.165) is 11.3 Å². The Morgan fingerprint density at radius 1 is 1.25 bits per heavy atom. The number of halogens is 2. The number of fused-ring (bicyclic) bond motifs is 1. The molecule has 0 aliphatic heterocycles. The summed E-state index contributed by atoms with van der Waals surface area (Å²) >= 11 is 5.74. The minimum absolute atomic E-state index is 0.278. The van der Waals surface area contributed by atoms with Crippen LogP contribution in [0.25, 0.3) is 11.0 Å². The highest BCUT2D eigenvalue weighted by Crippen LogP contribution is 2.13. The largest absolute Gasteiger partial charge is 0.368 e. The van der Waals surface area contributed by atoms with Crippen molar-refractivity contribution < 1.29 is 4.39 Å². The second kappa shape index (κ2) is 5.42. The fraction of sp³-hybridized carbons (Fsp3) is 0.154. The molecule has 2 N–H and O–H groups in total. The molecule has 102 valence electrons. The van der Waals surface area contributed by atoms with Gasteiger partial charge in [-0.25, -0.2) is 14.4 Å². The third kappa shape index (κ3) is 2.85. The summed E-state index contributed by atoms with van der Waals surface area (Å²) in [5, 5.41) is 3.44. The van der Waals surface area contributed by atoms with Gasteiger partial charge in [-0.05, 0) is 18.2 Å². The van der Waals surface area contributed by atoms with Gasteiger partial charge in [0.1, 0.15) is 22.6 Å². The van der Waals surface area contributed by atoms with Crippen molar-refractivity contribution in [2.24, 2.45) is 0 Å². The average Bonchev–Trinajstić information content (AvgIpc) is 2.80. The van der Waals surface area contributed by atoms with E-state index in [9.17, 15) is 4.39 Å². The van der Waals surface area contributed by atoms with Crippen LogP contribution in [0.1, 0.15) is 5.82 Å². The molecule has 7 heteroatoms. The lowest BCUT2D eigenvalue weighted by molar-refractivity contribution is 0.629. The summed E-state index contributed by atoms with van der Waals surface area (Å²) < 4.78 is 13.1. The molecule has 2 aromatic heterocycles. The minimum atomic E-state index is -0.278. The van der Waals surface area contributed by atoms with Gasteiger partial charge in [-0.1, -0.05) is 11.6 Å². The third-order valence-corrected chi connectivity index (χ3v) is 2.95. The summed E-state index contributed by atoms with van der Waals surface area (Å²) in [5.74, 6) is 1.12. The molecule has 3 rings (SSSR count). The quantitative estimate of drug-likeness (QED) is 0.776. The molecular formula is C13H11ClFN5. The van der Waals surface area contributed by atoms with Crippen LogP contribution >= 0.6 is 11.6 Å². The lowest BCUT2D eigenvalue weighted by atomic mass is 10.3. The van der Waals surface area contributed by atoms with E-state index >= 15 is 0 Å². The van der Waals surface area contributed by atoms with E-state index in [0.29, 0.717) is 29.5 Å². The number of H-pyrrole nitrogens is 1. The Morgan fingerprint density at radius 2 is 2.15 bits per heavy atom. The smallest absolute Gasteiger partial charge is 0.149 e. The summed E-state index contributed by atoms with van der Waals surface area (Å²) in [6.07, 6.45) is 3.73. The van der Waals surface area contributed by atoms with E-state index in [1.807, 2.05) is 0 Å². The Balaban J connectivity index is 1.65. The highest BCUT2D eigenvalue weighted by Gasteiger charge is 2.04. The zero-order valence-electron chi connectivity index (χ0n) is 10.4. The Hall–Kier alpha value is -2.21. The fourth-order valence-corrected chi connectivity index (χ4v) is 2.04. The van der Waals surface area contributed by atoms with Gasteiger partial charge in [0, 0.05) is 13.0 Å². The Morgan fingerprint density at radius 3 is 3.00 bits per heavy atom. The van der Waals surface area contributed by atoms with Crippen LogP contribution in [0, 0.1) is 5.82 Å². The molecule has 2 heterocycles. The van der Waals surface area contributed by atoms with Crippen LogP contribution in [-0.2, 0) is 6.42 Å². The summed E-state index contributed by atoms with van der Waals surface area (Å²) in [5.41, 5.74) is 1.45. The molecule has 0 aliphatic carbocycles. The van der Waals surface area contributed by atoms with Crippen LogP contribution in [0.2, 0.25) is 5.15 Å². The molecular weight excluding hydrogens is 281 g/mol. The van der Waals surface area contributed by atoms with Gasteiger partial charge in [0.2, 0.25) is 0 Å². The standard InChI is InChI=1S/C13H11ClFN5/c14-11-6-16-7-13(20-11)17-4-3-12-18-9-2-1-8(15)5-10(9)19-12/h1-2,5-7H,3-4H2,(H,17,20)(H,18,19). The summed E-state index contributed by atoms with van der Waals surface area (Å²) in [6.45, 7) is 0.622. The molecule has 0 spiro atoms. The van der Waals surface area contributed by atoms with E-state index in [4.69, 9.17) is 11.6 Å². The summed E-state index contributed by atoms with van der Waals surface area (Å²) in [6, 6.07) is 4.48. The predicted octanol–water partition coefficient (Wildman–Crippen LogP) is 2.80. The first kappa shape index (κ1) is 12.8. The van der Waals surface area contributed by atoms with Crippen LogP contribution < -0.4 is 5.32 Å². The van der Waals surface area contributed by atoms with E-state index in [-0.39, 0.29) is 5.82 Å². The molecule has 0 amide bonds. The van der Waals surface area contributed by atoms with E-state index in [1.54, 1.807) is 12.3 Å². The SMILES string of the molecule is Fc1ccc2nc(CCNc3cncc(Cl)n3)[nH]c2c1. The van der Waals surface area contributed by atoms with E-state index < -0.39 is 0 Å². The van der Waals surface area contributed by atoms with Crippen molar-refractivity contribution in [1.82, 2.24) is 19.9 Å². The topological polar surface area (TPSA) is 66.5 Å². The van der Waals surface area contributed by atoms with Crippen molar-refractivity contribution in [2.45, 2.75) is 6.42 Å². The molecule has 20 heavy (non-hydrogen) atoms. The zero-order valence-corrected chi connectivity index (χ0v) is 11.2. The maximum absolute atomic E-state index is 13.1. The molecule has 3 aromatic rings. The number of hydrogen-bond donors (Lipinski definition) is 2. The molecule has 0 fully saturated rings. The monoisotopic (exact) mass is 291 g/mol. The number of nitrogens with zero attached hydrogens (tertiary/aromatic N) is 3. The lowest BCUT2D eigenvalue weighted by Crippen LogP contribution is -2.07. The van der Waals surface area contributed by atoms with Crippen molar-refractivity contribution >= 4 is 28.5 Å². The Bertz CT molecular complexity index is 742. The first-order valence-electron chi connectivity index (χ1n) is 6.06. The number of anilines is 1. The lowest BCUT2D eigenvalue weighted by Gasteiger charge is -2.03. The predicted molar refractivity (Wildman–Crippen MR) is 75.3 cm³/mol. The van der Waals surface area contributed by atoms with Gasteiger partial charge in [0.05, 0.1) is 23.4 Å². The molecule has 0 saturated carbocycles. The molecule has 5 nitrogen and oxygen atoms in total. The maximum atomic E-state index is 13.1. The molecule has 0 aliphatic rings. The van der Waals surface area contributed by atoms with Gasteiger partial charge in [-0.2, -0.15) is 0 Å². The molecule has 0 unspecified atom stereocenters. The first-order valence-corrected chi connectivity index (χ1v) is 6.44. The Kier molecular flexibility index (Phi) is 3.47. The molecule has 0 radical (unpaired) electrons. The van der Waals surface area contributed by atoms with Crippen LogP contribution in [0.3, 0.4) is 0 Å². The minimum Gasteiger partial charge on any atom is -0.368 e. The van der Waals surface area contributed by atoms with Gasteiger partial charge < -0.3 is 10.3 Å². The summed E-state index contributed by atoms with van der Waals surface area (Å²) in [7, 11) is 0. The highest BCUT2D eigenvalue weighted by molar-refractivity contribution is 6.29. The average molecular weight is 292 g/mol. The molecule has 0 saturated heterocycles. The van der Waals surface area contributed by atoms with E-state index in [1.165, 1.54) is 18.3 Å². The maximum Gasteiger partial charge on any atom is 0.149 e. The summed E-state index contributed by atoms with van der Waals surface area (Å²) in [4.78, 5) is 15.5. The second-order valence-corrected chi connectivity index (χ2v) is 4.64. The number of hydrogen-bond acceptors (Lipinski definition) is 4. The van der Waals surface area contributed by atoms with Crippen molar-refractivity contribution in [2.75, 3.05) is 11.9 Å².